The molecule has 0 unspecified atom stereocenters. The predicted octanol–water partition coefficient (Wildman–Crippen LogP) is 5.66. The number of anilines is 3. The molecule has 4 heterocycles. The fourth-order valence-electron chi connectivity index (χ4n) is 6.92. The summed E-state index contributed by atoms with van der Waals surface area (Å²) in [5, 5.41) is 4.45. The second-order valence-electron chi connectivity index (χ2n) is 12.3. The summed E-state index contributed by atoms with van der Waals surface area (Å²) < 4.78 is 4.48. The number of aryl methyl sites for hydroxylation is 3. The van der Waals surface area contributed by atoms with Crippen LogP contribution >= 0.6 is 0 Å². The second kappa shape index (κ2) is 10.7. The summed E-state index contributed by atoms with van der Waals surface area (Å²) in [6.45, 7) is 8.99. The van der Waals surface area contributed by atoms with Crippen molar-refractivity contribution in [2.75, 3.05) is 44.3 Å². The average molecular weight is 564 g/mol. The van der Waals surface area contributed by atoms with Crippen LogP contribution in [0.2, 0.25) is 0 Å². The standard InChI is InChI=1S/C33H41N9/c1-21-17-28-29(18-22(21)2)40(4)33(38-28)37-24-7-5-23(6-8-24)27-19-42(32-30(27)31(34)35-20-36-32)26-11-9-25(10-12-26)41-15-13-39(3)14-16-41/h5-8,17-20,25-26H,9-16H2,1-4H3,(H,37,38)(H2,34,35,36). The van der Waals surface area contributed by atoms with Crippen molar-refractivity contribution in [1.29, 1.82) is 0 Å². The minimum atomic E-state index is 0.421. The van der Waals surface area contributed by atoms with Crippen molar-refractivity contribution >= 4 is 39.5 Å². The van der Waals surface area contributed by atoms with Gasteiger partial charge in [0.05, 0.1) is 16.4 Å². The molecule has 1 saturated carbocycles. The highest BCUT2D eigenvalue weighted by Gasteiger charge is 2.30. The molecular weight excluding hydrogens is 522 g/mol. The third-order valence-electron chi connectivity index (χ3n) is 9.70. The monoisotopic (exact) mass is 563 g/mol. The summed E-state index contributed by atoms with van der Waals surface area (Å²) in [5.41, 5.74) is 15.2. The van der Waals surface area contributed by atoms with Gasteiger partial charge in [-0.2, -0.15) is 0 Å². The first-order valence-corrected chi connectivity index (χ1v) is 15.2. The smallest absolute Gasteiger partial charge is 0.208 e. The van der Waals surface area contributed by atoms with Gasteiger partial charge in [0.25, 0.3) is 0 Å². The highest BCUT2D eigenvalue weighted by atomic mass is 15.3. The zero-order valence-electron chi connectivity index (χ0n) is 25.1. The summed E-state index contributed by atoms with van der Waals surface area (Å²) in [7, 11) is 4.28. The number of nitrogens with two attached hydrogens (primary N) is 1. The van der Waals surface area contributed by atoms with E-state index in [1.165, 1.54) is 50.1 Å². The van der Waals surface area contributed by atoms with E-state index in [1.807, 2.05) is 0 Å². The maximum atomic E-state index is 6.48. The molecular formula is C33H41N9. The third-order valence-corrected chi connectivity index (χ3v) is 9.70. The Bertz CT molecular complexity index is 1730. The normalized spacial score (nSPS) is 20.5. The van der Waals surface area contributed by atoms with Crippen LogP contribution in [0.15, 0.2) is 48.9 Å². The first-order valence-electron chi connectivity index (χ1n) is 15.2. The van der Waals surface area contributed by atoms with Crippen molar-refractivity contribution < 1.29 is 0 Å². The Morgan fingerprint density at radius 3 is 2.29 bits per heavy atom. The Hall–Kier alpha value is -3.95. The molecule has 2 fully saturated rings. The molecule has 1 aliphatic carbocycles. The van der Waals surface area contributed by atoms with Crippen molar-refractivity contribution in [3.63, 3.8) is 0 Å². The van der Waals surface area contributed by atoms with Gasteiger partial charge in [-0.15, -0.1) is 0 Å². The Labute approximate surface area is 247 Å². The molecule has 3 N–H and O–H groups in total. The third kappa shape index (κ3) is 4.80. The second-order valence-corrected chi connectivity index (χ2v) is 12.3. The van der Waals surface area contributed by atoms with Crippen molar-refractivity contribution in [3.05, 3.63) is 60.0 Å². The number of hydrogen-bond acceptors (Lipinski definition) is 7. The molecule has 9 nitrogen and oxygen atoms in total. The van der Waals surface area contributed by atoms with Crippen LogP contribution in [0.4, 0.5) is 17.5 Å². The highest BCUT2D eigenvalue weighted by Crippen LogP contribution is 2.39. The Morgan fingerprint density at radius 2 is 1.55 bits per heavy atom. The average Bonchev–Trinajstić information content (AvgIpc) is 3.53. The quantitative estimate of drug-likeness (QED) is 0.285. The van der Waals surface area contributed by atoms with Gasteiger partial charge in [-0.3, -0.25) is 4.90 Å². The lowest BCUT2D eigenvalue weighted by atomic mass is 9.89. The number of imidazole rings is 1. The lowest BCUT2D eigenvalue weighted by Crippen LogP contribution is -2.49. The lowest BCUT2D eigenvalue weighted by molar-refractivity contribution is 0.0828. The molecule has 1 aliphatic heterocycles. The van der Waals surface area contributed by atoms with E-state index in [1.54, 1.807) is 6.33 Å². The van der Waals surface area contributed by atoms with E-state index in [0.29, 0.717) is 17.9 Å². The zero-order chi connectivity index (χ0) is 29.0. The summed E-state index contributed by atoms with van der Waals surface area (Å²) >= 11 is 0. The van der Waals surface area contributed by atoms with Gasteiger partial charge in [0.2, 0.25) is 5.95 Å². The lowest BCUT2D eigenvalue weighted by Gasteiger charge is -2.41. The van der Waals surface area contributed by atoms with Gasteiger partial charge in [-0.25, -0.2) is 15.0 Å². The van der Waals surface area contributed by atoms with Crippen LogP contribution in [0, 0.1) is 13.8 Å². The minimum Gasteiger partial charge on any atom is -0.383 e. The van der Waals surface area contributed by atoms with Gasteiger partial charge in [0, 0.05) is 62.8 Å². The SMILES string of the molecule is Cc1cc2nc(Nc3ccc(-c4cn(C5CCC(N6CCN(C)CC6)CC5)c5ncnc(N)c45)cc3)n(C)c2cc1C. The molecule has 2 aliphatic rings. The molecule has 5 aromatic rings. The van der Waals surface area contributed by atoms with Gasteiger partial charge in [0.1, 0.15) is 17.8 Å². The van der Waals surface area contributed by atoms with Gasteiger partial charge in [0.15, 0.2) is 0 Å². The van der Waals surface area contributed by atoms with E-state index in [9.17, 15) is 0 Å². The summed E-state index contributed by atoms with van der Waals surface area (Å²) in [5.74, 6) is 1.36. The fourth-order valence-corrected chi connectivity index (χ4v) is 6.92. The molecule has 0 amide bonds. The number of nitrogens with zero attached hydrogens (tertiary/aromatic N) is 7. The first kappa shape index (κ1) is 26.9. The van der Waals surface area contributed by atoms with Crippen LogP contribution in [0.5, 0.6) is 0 Å². The molecule has 0 atom stereocenters. The molecule has 1 saturated heterocycles. The van der Waals surface area contributed by atoms with E-state index < -0.39 is 0 Å². The summed E-state index contributed by atoms with van der Waals surface area (Å²) in [4.78, 5) is 19.1. The van der Waals surface area contributed by atoms with E-state index >= 15 is 0 Å². The van der Waals surface area contributed by atoms with Crippen LogP contribution in [0.1, 0.15) is 42.9 Å². The molecule has 3 aromatic heterocycles. The first-order chi connectivity index (χ1) is 20.4. The summed E-state index contributed by atoms with van der Waals surface area (Å²) in [6, 6.07) is 14.0. The Morgan fingerprint density at radius 1 is 0.857 bits per heavy atom. The number of piperazine rings is 1. The molecule has 218 valence electrons. The van der Waals surface area contributed by atoms with Crippen molar-refractivity contribution in [3.8, 4) is 11.1 Å². The van der Waals surface area contributed by atoms with Gasteiger partial charge < -0.3 is 25.1 Å². The van der Waals surface area contributed by atoms with E-state index in [2.05, 4.69) is 99.8 Å². The molecule has 0 radical (unpaired) electrons. The van der Waals surface area contributed by atoms with Crippen LogP contribution in [-0.2, 0) is 7.05 Å². The molecule has 0 bridgehead atoms. The number of hydrogen-bond donors (Lipinski definition) is 2. The van der Waals surface area contributed by atoms with Gasteiger partial charge in [-0.1, -0.05) is 12.1 Å². The largest absolute Gasteiger partial charge is 0.383 e. The molecule has 2 aromatic carbocycles. The fraction of sp³-hybridized carbons (Fsp3) is 0.424. The summed E-state index contributed by atoms with van der Waals surface area (Å²) in [6.07, 6.45) is 8.63. The topological polar surface area (TPSA) is 93.1 Å². The molecule has 42 heavy (non-hydrogen) atoms. The van der Waals surface area contributed by atoms with E-state index in [-0.39, 0.29) is 0 Å². The number of aromatic nitrogens is 5. The van der Waals surface area contributed by atoms with Crippen molar-refractivity contribution in [1.82, 2.24) is 33.9 Å². The van der Waals surface area contributed by atoms with E-state index in [0.717, 1.165) is 57.7 Å². The highest BCUT2D eigenvalue weighted by molar-refractivity contribution is 6.00. The number of likely N-dealkylation sites (N-methyl/N-ethyl adjacent to an activating group) is 1. The molecule has 7 rings (SSSR count). The van der Waals surface area contributed by atoms with Crippen LogP contribution in [0.3, 0.4) is 0 Å². The predicted molar refractivity (Wildman–Crippen MR) is 171 cm³/mol. The number of rotatable bonds is 5. The molecule has 9 heteroatoms. The van der Waals surface area contributed by atoms with Crippen LogP contribution in [-0.4, -0.2) is 73.2 Å². The van der Waals surface area contributed by atoms with Crippen LogP contribution in [0.25, 0.3) is 33.2 Å². The number of nitrogen functional groups attached to an aromatic ring is 1. The van der Waals surface area contributed by atoms with E-state index in [4.69, 9.17) is 15.7 Å². The Kier molecular flexibility index (Phi) is 6.86. The Balaban J connectivity index is 1.13. The van der Waals surface area contributed by atoms with Gasteiger partial charge in [-0.05, 0) is 87.5 Å². The number of benzene rings is 2. The number of nitrogens with one attached hydrogen (secondary N) is 1. The zero-order valence-corrected chi connectivity index (χ0v) is 25.1. The molecule has 0 spiro atoms. The minimum absolute atomic E-state index is 0.421. The maximum Gasteiger partial charge on any atom is 0.208 e. The van der Waals surface area contributed by atoms with Crippen LogP contribution < -0.4 is 11.1 Å². The van der Waals surface area contributed by atoms with Crippen molar-refractivity contribution in [2.24, 2.45) is 7.05 Å². The number of fused-ring (bicyclic) bond motifs is 2. The van der Waals surface area contributed by atoms with Gasteiger partial charge >= 0.3 is 0 Å². The van der Waals surface area contributed by atoms with Crippen molar-refractivity contribution in [2.45, 2.75) is 51.6 Å². The maximum absolute atomic E-state index is 6.48.